The third-order valence-electron chi connectivity index (χ3n) is 11.4. The van der Waals surface area contributed by atoms with E-state index in [0.717, 1.165) is 27.6 Å². The molecule has 0 radical (unpaired) electrons. The van der Waals surface area contributed by atoms with E-state index in [1.165, 1.54) is 4.90 Å². The molecule has 0 spiro atoms. The first-order chi connectivity index (χ1) is 29.6. The molecule has 14 nitrogen and oxygen atoms in total. The molecule has 5 atom stereocenters. The van der Waals surface area contributed by atoms with E-state index in [1.54, 1.807) is 17.0 Å². The van der Waals surface area contributed by atoms with Gasteiger partial charge < -0.3 is 46.4 Å². The van der Waals surface area contributed by atoms with E-state index in [2.05, 4.69) is 15.6 Å². The lowest BCUT2D eigenvalue weighted by molar-refractivity contribution is -0.147. The van der Waals surface area contributed by atoms with E-state index >= 15 is 0 Å². The standard InChI is InChI=1S/C47H53N7O7/c48-37(26-34-27-50-38-16-8-7-15-36(34)38)46(58)54-24-10-18-42(54)47(59)53-23-9-17-41(53)45(57)51-39(25-31-19-21-35(22-20-31)61-29-33-13-5-2-6-14-33)44(56)52-40(43(49)55)30-60-28-32-11-3-1-4-12-32/h1-8,11-16,19-22,27,37,39-42,50H,9-10,17-18,23-26,28-30,48H2,(H2,49,55)(H,51,57)(H,52,56)/t37-,39-,40-,41-,42-/m0/s1. The second kappa shape index (κ2) is 20.2. The normalized spacial score (nSPS) is 17.7. The van der Waals surface area contributed by atoms with E-state index in [1.807, 2.05) is 103 Å². The molecule has 2 aliphatic heterocycles. The van der Waals surface area contributed by atoms with E-state index < -0.39 is 47.9 Å². The van der Waals surface area contributed by atoms with Crippen LogP contribution in [0.5, 0.6) is 5.75 Å². The van der Waals surface area contributed by atoms with Crippen molar-refractivity contribution in [2.45, 2.75) is 81.9 Å². The van der Waals surface area contributed by atoms with Gasteiger partial charge in [0.05, 0.1) is 19.3 Å². The van der Waals surface area contributed by atoms with Crippen LogP contribution in [-0.4, -0.2) is 94.2 Å². The van der Waals surface area contributed by atoms with Gasteiger partial charge in [0.2, 0.25) is 29.5 Å². The maximum atomic E-state index is 14.3. The molecule has 7 N–H and O–H groups in total. The monoisotopic (exact) mass is 827 g/mol. The second-order valence-corrected chi connectivity index (χ2v) is 15.7. The predicted octanol–water partition coefficient (Wildman–Crippen LogP) is 3.51. The molecule has 2 fully saturated rings. The van der Waals surface area contributed by atoms with Crippen LogP contribution in [0.15, 0.2) is 115 Å². The fourth-order valence-electron chi connectivity index (χ4n) is 8.13. The molecule has 0 aliphatic carbocycles. The Morgan fingerprint density at radius 1 is 0.705 bits per heavy atom. The number of primary amides is 1. The quantitative estimate of drug-likeness (QED) is 0.0883. The summed E-state index contributed by atoms with van der Waals surface area (Å²) in [4.78, 5) is 75.1. The van der Waals surface area contributed by atoms with Crippen molar-refractivity contribution < 1.29 is 33.4 Å². The van der Waals surface area contributed by atoms with Crippen molar-refractivity contribution >= 4 is 40.4 Å². The Hall–Kier alpha value is -6.51. The van der Waals surface area contributed by atoms with Crippen LogP contribution in [0, 0.1) is 0 Å². The Labute approximate surface area is 354 Å². The minimum Gasteiger partial charge on any atom is -0.489 e. The molecule has 0 bridgehead atoms. The fourth-order valence-corrected chi connectivity index (χ4v) is 8.13. The van der Waals surface area contributed by atoms with Gasteiger partial charge in [0, 0.05) is 36.6 Å². The van der Waals surface area contributed by atoms with Crippen molar-refractivity contribution in [2.24, 2.45) is 11.5 Å². The van der Waals surface area contributed by atoms with Crippen molar-refractivity contribution in [3.05, 3.63) is 138 Å². The number of benzene rings is 4. The number of carbonyl (C=O) groups excluding carboxylic acids is 5. The summed E-state index contributed by atoms with van der Waals surface area (Å²) in [6.45, 7) is 1.10. The highest BCUT2D eigenvalue weighted by molar-refractivity contribution is 5.96. The van der Waals surface area contributed by atoms with E-state index in [-0.39, 0.29) is 31.4 Å². The van der Waals surface area contributed by atoms with E-state index in [9.17, 15) is 24.0 Å². The van der Waals surface area contributed by atoms with Gasteiger partial charge in [-0.05, 0) is 72.6 Å². The summed E-state index contributed by atoms with van der Waals surface area (Å²) in [5.41, 5.74) is 16.7. The predicted molar refractivity (Wildman–Crippen MR) is 230 cm³/mol. The molecular formula is C47H53N7O7. The van der Waals surface area contributed by atoms with Crippen molar-refractivity contribution in [1.29, 1.82) is 0 Å². The summed E-state index contributed by atoms with van der Waals surface area (Å²) in [6, 6.07) is 29.3. The SMILES string of the molecule is NC(=O)[C@H](COCc1ccccc1)NC(=O)[C@H](Cc1ccc(OCc2ccccc2)cc1)NC(=O)[C@@H]1CCCN1C(=O)[C@@H]1CCCN1C(=O)[C@@H](N)Cc1c[nH]c2ccccc12. The smallest absolute Gasteiger partial charge is 0.246 e. The van der Waals surface area contributed by atoms with Crippen LogP contribution in [0.2, 0.25) is 0 Å². The summed E-state index contributed by atoms with van der Waals surface area (Å²) in [6.07, 6.45) is 4.24. The van der Waals surface area contributed by atoms with Gasteiger partial charge in [-0.3, -0.25) is 24.0 Å². The summed E-state index contributed by atoms with van der Waals surface area (Å²) in [5, 5.41) is 6.56. The molecule has 2 aliphatic rings. The molecule has 2 saturated heterocycles. The highest BCUT2D eigenvalue weighted by Gasteiger charge is 2.43. The second-order valence-electron chi connectivity index (χ2n) is 15.7. The van der Waals surface area contributed by atoms with Crippen molar-refractivity contribution in [1.82, 2.24) is 25.4 Å². The molecule has 5 amide bonds. The highest BCUT2D eigenvalue weighted by Crippen LogP contribution is 2.27. The number of hydrogen-bond acceptors (Lipinski definition) is 8. The summed E-state index contributed by atoms with van der Waals surface area (Å²) < 4.78 is 11.7. The fraction of sp³-hybridized carbons (Fsp3) is 0.340. The molecular weight excluding hydrogens is 775 g/mol. The lowest BCUT2D eigenvalue weighted by Gasteiger charge is -2.32. The van der Waals surface area contributed by atoms with Crippen LogP contribution >= 0.6 is 0 Å². The van der Waals surface area contributed by atoms with Crippen LogP contribution in [0.3, 0.4) is 0 Å². The number of likely N-dealkylation sites (tertiary alicyclic amines) is 2. The molecule has 3 heterocycles. The van der Waals surface area contributed by atoms with Crippen LogP contribution in [-0.2, 0) is 54.8 Å². The number of para-hydroxylation sites is 1. The van der Waals surface area contributed by atoms with Gasteiger partial charge in [-0.25, -0.2) is 0 Å². The molecule has 0 saturated carbocycles. The minimum atomic E-state index is -1.18. The van der Waals surface area contributed by atoms with Gasteiger partial charge in [0.15, 0.2) is 0 Å². The number of nitrogens with one attached hydrogen (secondary N) is 3. The zero-order chi connectivity index (χ0) is 42.7. The summed E-state index contributed by atoms with van der Waals surface area (Å²) in [5.74, 6) is -1.96. The first-order valence-corrected chi connectivity index (χ1v) is 20.8. The minimum absolute atomic E-state index is 0.0623. The molecule has 0 unspecified atom stereocenters. The topological polar surface area (TPSA) is 202 Å². The Balaban J connectivity index is 1.02. The van der Waals surface area contributed by atoms with Gasteiger partial charge in [0.1, 0.15) is 36.5 Å². The molecule has 61 heavy (non-hydrogen) atoms. The Morgan fingerprint density at radius 3 is 2.05 bits per heavy atom. The maximum Gasteiger partial charge on any atom is 0.246 e. The Kier molecular flexibility index (Phi) is 14.1. The molecule has 7 rings (SSSR count). The van der Waals surface area contributed by atoms with Crippen LogP contribution in [0.25, 0.3) is 10.9 Å². The van der Waals surface area contributed by atoms with Gasteiger partial charge in [-0.2, -0.15) is 0 Å². The zero-order valence-electron chi connectivity index (χ0n) is 34.0. The lowest BCUT2D eigenvalue weighted by atomic mass is 10.0. The molecule has 1 aromatic heterocycles. The maximum absolute atomic E-state index is 14.3. The number of ether oxygens (including phenoxy) is 2. The molecule has 14 heteroatoms. The number of amides is 5. The molecule has 5 aromatic rings. The van der Waals surface area contributed by atoms with Crippen LogP contribution < -0.4 is 26.8 Å². The Morgan fingerprint density at radius 2 is 1.34 bits per heavy atom. The van der Waals surface area contributed by atoms with Crippen LogP contribution in [0.4, 0.5) is 0 Å². The highest BCUT2D eigenvalue weighted by atomic mass is 16.5. The van der Waals surface area contributed by atoms with Gasteiger partial charge in [-0.1, -0.05) is 91.0 Å². The largest absolute Gasteiger partial charge is 0.489 e. The van der Waals surface area contributed by atoms with E-state index in [0.29, 0.717) is 63.1 Å². The Bertz CT molecular complexity index is 2290. The van der Waals surface area contributed by atoms with Gasteiger partial charge in [-0.15, -0.1) is 0 Å². The van der Waals surface area contributed by atoms with Gasteiger partial charge in [0.25, 0.3) is 0 Å². The molecule has 318 valence electrons. The zero-order valence-corrected chi connectivity index (χ0v) is 34.0. The lowest BCUT2D eigenvalue weighted by Crippen LogP contribution is -2.59. The number of nitrogens with zero attached hydrogens (tertiary/aromatic N) is 2. The third kappa shape index (κ3) is 10.8. The number of aromatic nitrogens is 1. The number of nitrogens with two attached hydrogens (primary N) is 2. The summed E-state index contributed by atoms with van der Waals surface area (Å²) >= 11 is 0. The number of hydrogen-bond donors (Lipinski definition) is 5. The summed E-state index contributed by atoms with van der Waals surface area (Å²) in [7, 11) is 0. The number of carbonyl (C=O) groups is 5. The number of fused-ring (bicyclic) bond motifs is 1. The number of aromatic amines is 1. The van der Waals surface area contributed by atoms with Crippen molar-refractivity contribution in [3.8, 4) is 5.75 Å². The average molecular weight is 828 g/mol. The first kappa shape index (κ1) is 42.6. The first-order valence-electron chi connectivity index (χ1n) is 20.8. The average Bonchev–Trinajstić information content (AvgIpc) is 4.07. The number of H-pyrrole nitrogens is 1. The van der Waals surface area contributed by atoms with Crippen LogP contribution in [0.1, 0.15) is 47.9 Å². The van der Waals surface area contributed by atoms with Crippen molar-refractivity contribution in [2.75, 3.05) is 19.7 Å². The van der Waals surface area contributed by atoms with Gasteiger partial charge >= 0.3 is 0 Å². The van der Waals surface area contributed by atoms with E-state index in [4.69, 9.17) is 20.9 Å². The van der Waals surface area contributed by atoms with Crippen molar-refractivity contribution in [3.63, 3.8) is 0 Å². The number of rotatable bonds is 18. The third-order valence-corrected chi connectivity index (χ3v) is 11.4. The molecule has 4 aromatic carbocycles.